The molecule has 4 heteroatoms. The normalized spacial score (nSPS) is 30.7. The first-order valence-corrected chi connectivity index (χ1v) is 8.38. The van der Waals surface area contributed by atoms with Crippen LogP contribution in [-0.4, -0.2) is 60.8 Å². The molecule has 0 radical (unpaired) electrons. The van der Waals surface area contributed by atoms with Crippen molar-refractivity contribution in [1.29, 1.82) is 0 Å². The predicted octanol–water partition coefficient (Wildman–Crippen LogP) is 2.60. The molecule has 2 fully saturated rings. The Hall–Kier alpha value is -0.610. The fraction of sp³-hybridized carbons (Fsp3) is 0.667. The summed E-state index contributed by atoms with van der Waals surface area (Å²) >= 11 is 0. The van der Waals surface area contributed by atoms with Gasteiger partial charge in [-0.15, -0.1) is 12.4 Å². The number of aliphatic hydroxyl groups excluding tert-OH is 1. The molecular weight excluding hydrogens is 296 g/mol. The van der Waals surface area contributed by atoms with Gasteiger partial charge in [-0.3, -0.25) is 0 Å². The summed E-state index contributed by atoms with van der Waals surface area (Å²) in [4.78, 5) is 4.94. The predicted molar refractivity (Wildman–Crippen MR) is 93.7 cm³/mol. The fourth-order valence-corrected chi connectivity index (χ4v) is 4.00. The Morgan fingerprint density at radius 3 is 2.41 bits per heavy atom. The van der Waals surface area contributed by atoms with Gasteiger partial charge in [-0.1, -0.05) is 36.8 Å². The van der Waals surface area contributed by atoms with E-state index in [9.17, 15) is 5.11 Å². The van der Waals surface area contributed by atoms with E-state index in [2.05, 4.69) is 41.1 Å². The van der Waals surface area contributed by atoms with E-state index in [1.165, 1.54) is 37.9 Å². The van der Waals surface area contributed by atoms with E-state index in [-0.39, 0.29) is 24.4 Å². The van der Waals surface area contributed by atoms with Gasteiger partial charge in [0, 0.05) is 31.5 Å². The number of aliphatic hydroxyl groups is 1. The van der Waals surface area contributed by atoms with Gasteiger partial charge in [0.1, 0.15) is 0 Å². The average molecular weight is 325 g/mol. The molecule has 2 aliphatic rings. The summed E-state index contributed by atoms with van der Waals surface area (Å²) in [6.45, 7) is 5.45. The number of likely N-dealkylation sites (tertiary alicyclic amines) is 2. The zero-order chi connectivity index (χ0) is 14.7. The van der Waals surface area contributed by atoms with Crippen molar-refractivity contribution in [2.45, 2.75) is 31.3 Å². The highest BCUT2D eigenvalue weighted by atomic mass is 35.5. The number of nitrogens with zero attached hydrogens (tertiary/aromatic N) is 2. The lowest BCUT2D eigenvalue weighted by Gasteiger charge is -2.42. The highest BCUT2D eigenvalue weighted by molar-refractivity contribution is 5.85. The monoisotopic (exact) mass is 324 g/mol. The Balaban J connectivity index is 0.00000176. The zero-order valence-electron chi connectivity index (χ0n) is 13.5. The van der Waals surface area contributed by atoms with Crippen molar-refractivity contribution in [1.82, 2.24) is 9.80 Å². The maximum absolute atomic E-state index is 10.9. The minimum absolute atomic E-state index is 0. The van der Waals surface area contributed by atoms with Crippen LogP contribution in [0.5, 0.6) is 0 Å². The summed E-state index contributed by atoms with van der Waals surface area (Å²) in [6, 6.07) is 10.5. The topological polar surface area (TPSA) is 26.7 Å². The molecule has 0 bridgehead atoms. The molecule has 22 heavy (non-hydrogen) atoms. The molecule has 3 nitrogen and oxygen atoms in total. The van der Waals surface area contributed by atoms with Crippen molar-refractivity contribution in [3.63, 3.8) is 0 Å². The number of hydrogen-bond donors (Lipinski definition) is 1. The van der Waals surface area contributed by atoms with Crippen molar-refractivity contribution >= 4 is 12.4 Å². The van der Waals surface area contributed by atoms with E-state index in [1.807, 2.05) is 6.07 Å². The Morgan fingerprint density at radius 2 is 1.73 bits per heavy atom. The van der Waals surface area contributed by atoms with Gasteiger partial charge < -0.3 is 14.9 Å². The molecule has 0 spiro atoms. The van der Waals surface area contributed by atoms with Gasteiger partial charge in [0.2, 0.25) is 0 Å². The van der Waals surface area contributed by atoms with Crippen molar-refractivity contribution in [3.8, 4) is 0 Å². The van der Waals surface area contributed by atoms with Crippen LogP contribution in [0, 0.1) is 5.92 Å². The second-order valence-electron chi connectivity index (χ2n) is 6.85. The van der Waals surface area contributed by atoms with Crippen LogP contribution >= 0.6 is 12.4 Å². The third-order valence-electron chi connectivity index (χ3n) is 5.12. The van der Waals surface area contributed by atoms with Crippen molar-refractivity contribution in [2.24, 2.45) is 5.92 Å². The van der Waals surface area contributed by atoms with Crippen LogP contribution in [0.2, 0.25) is 0 Å². The number of piperidine rings is 2. The van der Waals surface area contributed by atoms with Gasteiger partial charge >= 0.3 is 0 Å². The first-order chi connectivity index (χ1) is 10.2. The largest absolute Gasteiger partial charge is 0.392 e. The van der Waals surface area contributed by atoms with E-state index in [1.54, 1.807) is 0 Å². The highest BCUT2D eigenvalue weighted by Gasteiger charge is 2.36. The van der Waals surface area contributed by atoms with Crippen LogP contribution in [0.3, 0.4) is 0 Å². The molecule has 3 rings (SSSR count). The van der Waals surface area contributed by atoms with Crippen LogP contribution in [0.15, 0.2) is 30.3 Å². The Morgan fingerprint density at radius 1 is 1.05 bits per heavy atom. The molecule has 1 aromatic carbocycles. The van der Waals surface area contributed by atoms with E-state index in [4.69, 9.17) is 0 Å². The lowest BCUT2D eigenvalue weighted by Crippen LogP contribution is -2.51. The van der Waals surface area contributed by atoms with Crippen LogP contribution in [0.4, 0.5) is 0 Å². The summed E-state index contributed by atoms with van der Waals surface area (Å²) in [6.07, 6.45) is 3.79. The Labute approximate surface area is 140 Å². The zero-order valence-corrected chi connectivity index (χ0v) is 14.3. The van der Waals surface area contributed by atoms with Crippen molar-refractivity contribution in [2.75, 3.05) is 39.8 Å². The second-order valence-corrected chi connectivity index (χ2v) is 6.85. The number of halogens is 1. The quantitative estimate of drug-likeness (QED) is 0.926. The minimum atomic E-state index is -0.217. The molecule has 0 amide bonds. The van der Waals surface area contributed by atoms with Crippen LogP contribution in [0.25, 0.3) is 0 Å². The summed E-state index contributed by atoms with van der Waals surface area (Å²) in [5.41, 5.74) is 1.28. The van der Waals surface area contributed by atoms with Crippen LogP contribution in [-0.2, 0) is 0 Å². The molecule has 0 aromatic heterocycles. The SMILES string of the molecule is CN1CC(CN2CCCCC2)C(O)C(c2ccccc2)C1.Cl. The maximum atomic E-state index is 10.9. The lowest BCUT2D eigenvalue weighted by molar-refractivity contribution is -0.00222. The first kappa shape index (κ1) is 17.7. The molecule has 0 saturated carbocycles. The van der Waals surface area contributed by atoms with E-state index < -0.39 is 0 Å². The first-order valence-electron chi connectivity index (χ1n) is 8.38. The number of likely N-dealkylation sites (N-methyl/N-ethyl adjacent to an activating group) is 1. The highest BCUT2D eigenvalue weighted by Crippen LogP contribution is 2.31. The van der Waals surface area contributed by atoms with E-state index in [0.717, 1.165) is 19.6 Å². The Bertz CT molecular complexity index is 436. The van der Waals surface area contributed by atoms with Crippen LogP contribution in [0.1, 0.15) is 30.7 Å². The number of benzene rings is 1. The summed E-state index contributed by atoms with van der Waals surface area (Å²) in [5, 5.41) is 10.9. The molecule has 1 N–H and O–H groups in total. The van der Waals surface area contributed by atoms with Crippen molar-refractivity contribution in [3.05, 3.63) is 35.9 Å². The molecule has 0 aliphatic carbocycles. The van der Waals surface area contributed by atoms with Gasteiger partial charge in [-0.2, -0.15) is 0 Å². The van der Waals surface area contributed by atoms with E-state index >= 15 is 0 Å². The number of rotatable bonds is 3. The van der Waals surface area contributed by atoms with Crippen LogP contribution < -0.4 is 0 Å². The second kappa shape index (κ2) is 8.30. The average Bonchev–Trinajstić information content (AvgIpc) is 2.52. The smallest absolute Gasteiger partial charge is 0.0673 e. The molecule has 3 unspecified atom stereocenters. The fourth-order valence-electron chi connectivity index (χ4n) is 4.00. The third-order valence-corrected chi connectivity index (χ3v) is 5.12. The molecule has 2 saturated heterocycles. The lowest BCUT2D eigenvalue weighted by atomic mass is 9.81. The molecular formula is C18H29ClN2O. The van der Waals surface area contributed by atoms with Gasteiger partial charge in [-0.25, -0.2) is 0 Å². The van der Waals surface area contributed by atoms with E-state index in [0.29, 0.717) is 5.92 Å². The minimum Gasteiger partial charge on any atom is -0.392 e. The van der Waals surface area contributed by atoms with Gasteiger partial charge in [0.25, 0.3) is 0 Å². The molecule has 3 atom stereocenters. The summed E-state index contributed by atoms with van der Waals surface area (Å²) < 4.78 is 0. The third kappa shape index (κ3) is 4.23. The van der Waals surface area contributed by atoms with Crippen molar-refractivity contribution < 1.29 is 5.11 Å². The maximum Gasteiger partial charge on any atom is 0.0673 e. The van der Waals surface area contributed by atoms with Gasteiger partial charge in [-0.05, 0) is 38.5 Å². The standard InChI is InChI=1S/C18H28N2O.ClH/c1-19-12-16(13-20-10-6-3-7-11-20)18(21)17(14-19)15-8-4-2-5-9-15;/h2,4-5,8-9,16-18,21H,3,6-7,10-14H2,1H3;1H. The summed E-state index contributed by atoms with van der Waals surface area (Å²) in [7, 11) is 2.19. The molecule has 124 valence electrons. The molecule has 2 heterocycles. The molecule has 2 aliphatic heterocycles. The molecule has 1 aromatic rings. The van der Waals surface area contributed by atoms with Gasteiger partial charge in [0.05, 0.1) is 6.10 Å². The Kier molecular flexibility index (Phi) is 6.69. The number of hydrogen-bond acceptors (Lipinski definition) is 3. The summed E-state index contributed by atoms with van der Waals surface area (Å²) in [5.74, 6) is 0.617. The van der Waals surface area contributed by atoms with Gasteiger partial charge in [0.15, 0.2) is 0 Å².